The van der Waals surface area contributed by atoms with Crippen molar-refractivity contribution >= 4 is 11.7 Å². The Kier molecular flexibility index (Phi) is 4.71. The highest BCUT2D eigenvalue weighted by molar-refractivity contribution is 5.93. The topological polar surface area (TPSA) is 56.6 Å². The fourth-order valence-electron chi connectivity index (χ4n) is 3.92. The van der Waals surface area contributed by atoms with Crippen LogP contribution in [0.3, 0.4) is 0 Å². The van der Waals surface area contributed by atoms with Crippen molar-refractivity contribution in [3.8, 4) is 0 Å². The summed E-state index contributed by atoms with van der Waals surface area (Å²) < 4.78 is 2.03. The first kappa shape index (κ1) is 15.9. The van der Waals surface area contributed by atoms with Crippen LogP contribution in [0, 0.1) is 0 Å². The number of nitrogens with zero attached hydrogens (tertiary/aromatic N) is 5. The van der Waals surface area contributed by atoms with Gasteiger partial charge in [0.15, 0.2) is 0 Å². The molecule has 0 aromatic carbocycles. The summed E-state index contributed by atoms with van der Waals surface area (Å²) in [6, 6.07) is 0.441. The molecular weight excluding hydrogens is 304 g/mol. The Balaban J connectivity index is 1.22. The zero-order valence-electron chi connectivity index (χ0n) is 14.4. The third kappa shape index (κ3) is 3.42. The molecule has 1 aromatic heterocycles. The standard InChI is InChI=1S/C17H28N6O/c24-17-18-5-8-22(17)15-11-19-23(14-15)16-12-21(13-16)10-9-20-6-3-1-2-4-7-20/h11,14,16H,1-10,12-13H2,(H,18,24). The van der Waals surface area contributed by atoms with Crippen LogP contribution in [0.1, 0.15) is 31.7 Å². The number of nitrogens with one attached hydrogen (secondary N) is 1. The number of carbonyl (C=O) groups excluding carboxylic acids is 1. The van der Waals surface area contributed by atoms with Gasteiger partial charge in [0.2, 0.25) is 0 Å². The normalized spacial score (nSPS) is 24.0. The van der Waals surface area contributed by atoms with E-state index in [1.165, 1.54) is 51.9 Å². The molecule has 0 saturated carbocycles. The lowest BCUT2D eigenvalue weighted by molar-refractivity contribution is 0.0846. The van der Waals surface area contributed by atoms with Crippen LogP contribution in [0.15, 0.2) is 12.4 Å². The number of hydrogen-bond acceptors (Lipinski definition) is 4. The smallest absolute Gasteiger partial charge is 0.322 e. The molecule has 2 amide bonds. The van der Waals surface area contributed by atoms with Gasteiger partial charge in [-0.05, 0) is 25.9 Å². The van der Waals surface area contributed by atoms with E-state index in [2.05, 4.69) is 20.2 Å². The summed E-state index contributed by atoms with van der Waals surface area (Å²) in [5, 5.41) is 7.30. The summed E-state index contributed by atoms with van der Waals surface area (Å²) >= 11 is 0. The van der Waals surface area contributed by atoms with E-state index in [-0.39, 0.29) is 6.03 Å². The zero-order chi connectivity index (χ0) is 16.4. The minimum Gasteiger partial charge on any atom is -0.336 e. The van der Waals surface area contributed by atoms with Crippen LogP contribution in [0.2, 0.25) is 0 Å². The van der Waals surface area contributed by atoms with Gasteiger partial charge in [-0.1, -0.05) is 12.8 Å². The monoisotopic (exact) mass is 332 g/mol. The minimum absolute atomic E-state index is 0.0118. The number of rotatable bonds is 5. The number of carbonyl (C=O) groups is 1. The van der Waals surface area contributed by atoms with Crippen molar-refractivity contribution < 1.29 is 4.79 Å². The third-order valence-corrected chi connectivity index (χ3v) is 5.50. The fourth-order valence-corrected chi connectivity index (χ4v) is 3.92. The Morgan fingerprint density at radius 3 is 2.50 bits per heavy atom. The van der Waals surface area contributed by atoms with E-state index in [1.807, 2.05) is 17.1 Å². The van der Waals surface area contributed by atoms with Crippen molar-refractivity contribution in [3.05, 3.63) is 12.4 Å². The Morgan fingerprint density at radius 2 is 1.79 bits per heavy atom. The van der Waals surface area contributed by atoms with Crippen LogP contribution < -0.4 is 10.2 Å². The molecule has 1 N–H and O–H groups in total. The second-order valence-electron chi connectivity index (χ2n) is 7.23. The van der Waals surface area contributed by atoms with Crippen LogP contribution in [0.4, 0.5) is 10.5 Å². The molecule has 7 nitrogen and oxygen atoms in total. The summed E-state index contributed by atoms with van der Waals surface area (Å²) in [5.74, 6) is 0. The number of amides is 2. The highest BCUT2D eigenvalue weighted by Gasteiger charge is 2.30. The molecule has 3 aliphatic heterocycles. The lowest BCUT2D eigenvalue weighted by Crippen LogP contribution is -2.50. The van der Waals surface area contributed by atoms with Crippen molar-refractivity contribution in [2.45, 2.75) is 31.7 Å². The molecule has 3 aliphatic rings. The highest BCUT2D eigenvalue weighted by atomic mass is 16.2. The summed E-state index contributed by atoms with van der Waals surface area (Å²) in [5.41, 5.74) is 0.910. The maximum atomic E-state index is 11.7. The minimum atomic E-state index is -0.0118. The van der Waals surface area contributed by atoms with Gasteiger partial charge in [0.1, 0.15) is 0 Å². The molecule has 0 aliphatic carbocycles. The molecule has 132 valence electrons. The van der Waals surface area contributed by atoms with E-state index in [9.17, 15) is 4.79 Å². The SMILES string of the molecule is O=C1NCCN1c1cnn(C2CN(CCN3CCCCCC3)C2)c1. The predicted octanol–water partition coefficient (Wildman–Crippen LogP) is 1.15. The van der Waals surface area contributed by atoms with Gasteiger partial charge in [-0.3, -0.25) is 14.5 Å². The van der Waals surface area contributed by atoms with Gasteiger partial charge in [-0.2, -0.15) is 5.10 Å². The van der Waals surface area contributed by atoms with Crippen molar-refractivity contribution in [2.24, 2.45) is 0 Å². The number of anilines is 1. The van der Waals surface area contributed by atoms with Gasteiger partial charge >= 0.3 is 6.03 Å². The molecule has 3 saturated heterocycles. The van der Waals surface area contributed by atoms with Gasteiger partial charge in [0, 0.05) is 45.5 Å². The van der Waals surface area contributed by atoms with Crippen LogP contribution in [0.25, 0.3) is 0 Å². The molecular formula is C17H28N6O. The molecule has 1 aromatic rings. The van der Waals surface area contributed by atoms with E-state index in [0.29, 0.717) is 6.04 Å². The maximum Gasteiger partial charge on any atom is 0.322 e. The first-order valence-corrected chi connectivity index (χ1v) is 9.34. The molecule has 4 rings (SSSR count). The number of urea groups is 1. The molecule has 0 bridgehead atoms. The molecule has 0 atom stereocenters. The van der Waals surface area contributed by atoms with Crippen molar-refractivity contribution in [3.63, 3.8) is 0 Å². The highest BCUT2D eigenvalue weighted by Crippen LogP contribution is 2.24. The van der Waals surface area contributed by atoms with E-state index in [0.717, 1.165) is 31.9 Å². The summed E-state index contributed by atoms with van der Waals surface area (Å²) in [7, 11) is 0. The molecule has 3 fully saturated rings. The Morgan fingerprint density at radius 1 is 1.04 bits per heavy atom. The van der Waals surface area contributed by atoms with E-state index >= 15 is 0 Å². The molecule has 0 radical (unpaired) electrons. The van der Waals surface area contributed by atoms with Crippen LogP contribution in [-0.2, 0) is 0 Å². The lowest BCUT2D eigenvalue weighted by atomic mass is 10.1. The number of aromatic nitrogens is 2. The summed E-state index contributed by atoms with van der Waals surface area (Å²) in [6.45, 7) is 8.51. The Hall–Kier alpha value is -1.60. The van der Waals surface area contributed by atoms with Gasteiger partial charge in [0.05, 0.1) is 17.9 Å². The first-order valence-electron chi connectivity index (χ1n) is 9.34. The largest absolute Gasteiger partial charge is 0.336 e. The quantitative estimate of drug-likeness (QED) is 0.879. The van der Waals surface area contributed by atoms with E-state index < -0.39 is 0 Å². The van der Waals surface area contributed by atoms with Crippen LogP contribution in [0.5, 0.6) is 0 Å². The molecule has 7 heteroatoms. The van der Waals surface area contributed by atoms with Crippen molar-refractivity contribution in [2.75, 3.05) is 57.3 Å². The predicted molar refractivity (Wildman–Crippen MR) is 93.4 cm³/mol. The van der Waals surface area contributed by atoms with E-state index in [1.54, 1.807) is 4.90 Å². The van der Waals surface area contributed by atoms with Crippen LogP contribution in [-0.4, -0.2) is 78.0 Å². The van der Waals surface area contributed by atoms with Crippen molar-refractivity contribution in [1.29, 1.82) is 0 Å². The number of hydrogen-bond donors (Lipinski definition) is 1. The molecule has 0 unspecified atom stereocenters. The summed E-state index contributed by atoms with van der Waals surface area (Å²) in [6.07, 6.45) is 9.36. The maximum absolute atomic E-state index is 11.7. The average molecular weight is 332 g/mol. The third-order valence-electron chi connectivity index (χ3n) is 5.50. The van der Waals surface area contributed by atoms with Gasteiger partial charge in [-0.15, -0.1) is 0 Å². The average Bonchev–Trinajstić information content (AvgIpc) is 3.09. The zero-order valence-corrected chi connectivity index (χ0v) is 14.4. The van der Waals surface area contributed by atoms with Crippen molar-refractivity contribution in [1.82, 2.24) is 24.9 Å². The first-order chi connectivity index (χ1) is 11.8. The fraction of sp³-hybridized carbons (Fsp3) is 0.765. The molecule has 24 heavy (non-hydrogen) atoms. The van der Waals surface area contributed by atoms with Gasteiger partial charge < -0.3 is 10.2 Å². The second-order valence-corrected chi connectivity index (χ2v) is 7.23. The lowest BCUT2D eigenvalue weighted by Gasteiger charge is -2.40. The van der Waals surface area contributed by atoms with E-state index in [4.69, 9.17) is 0 Å². The second kappa shape index (κ2) is 7.11. The van der Waals surface area contributed by atoms with Gasteiger partial charge in [-0.25, -0.2) is 4.79 Å². The van der Waals surface area contributed by atoms with Crippen LogP contribution >= 0.6 is 0 Å². The Bertz CT molecular complexity index is 559. The van der Waals surface area contributed by atoms with Gasteiger partial charge in [0.25, 0.3) is 0 Å². The molecule has 0 spiro atoms. The molecule has 4 heterocycles. The number of likely N-dealkylation sites (tertiary alicyclic amines) is 2. The Labute approximate surface area is 143 Å². The summed E-state index contributed by atoms with van der Waals surface area (Å²) in [4.78, 5) is 18.6.